The number of ether oxygens (including phenoxy) is 1. The third kappa shape index (κ3) is 4.62. The molecule has 1 N–H and O–H groups in total. The second kappa shape index (κ2) is 9.48. The molecule has 3 heterocycles. The van der Waals surface area contributed by atoms with Crippen LogP contribution in [-0.4, -0.2) is 54.4 Å². The Morgan fingerprint density at radius 1 is 1.03 bits per heavy atom. The normalized spacial score (nSPS) is 20.6. The average Bonchev–Trinajstić information content (AvgIpc) is 3.20. The summed E-state index contributed by atoms with van der Waals surface area (Å²) >= 11 is 0. The maximum Gasteiger partial charge on any atom is 0.332 e. The lowest BCUT2D eigenvalue weighted by Gasteiger charge is -2.33. The van der Waals surface area contributed by atoms with E-state index in [9.17, 15) is 23.6 Å². The quantitative estimate of drug-likeness (QED) is 0.506. The monoisotopic (exact) mass is 479 g/mol. The van der Waals surface area contributed by atoms with Crippen LogP contribution in [0.15, 0.2) is 42.5 Å². The fourth-order valence-electron chi connectivity index (χ4n) is 5.06. The maximum atomic E-state index is 13.0. The second-order valence-electron chi connectivity index (χ2n) is 9.24. The number of nitrogens with zero attached hydrogens (tertiary/aromatic N) is 2. The number of halogens is 1. The highest BCUT2D eigenvalue weighted by Gasteiger charge is 2.40. The van der Waals surface area contributed by atoms with Gasteiger partial charge < -0.3 is 14.5 Å². The molecule has 0 aromatic heterocycles. The van der Waals surface area contributed by atoms with Crippen LogP contribution < -0.4 is 15.0 Å². The predicted octanol–water partition coefficient (Wildman–Crippen LogP) is 2.85. The molecule has 35 heavy (non-hydrogen) atoms. The summed E-state index contributed by atoms with van der Waals surface area (Å²) in [6, 6.07) is 9.84. The first-order valence-corrected chi connectivity index (χ1v) is 11.8. The zero-order chi connectivity index (χ0) is 24.5. The van der Waals surface area contributed by atoms with Gasteiger partial charge in [-0.3, -0.25) is 24.5 Å². The molecular formula is C26H26FN3O5. The molecule has 1 unspecified atom stereocenters. The highest BCUT2D eigenvalue weighted by molar-refractivity contribution is 6.05. The van der Waals surface area contributed by atoms with Crippen LogP contribution >= 0.6 is 0 Å². The summed E-state index contributed by atoms with van der Waals surface area (Å²) in [7, 11) is 0. The van der Waals surface area contributed by atoms with Crippen molar-refractivity contribution in [2.75, 3.05) is 24.6 Å². The Hall–Kier alpha value is -3.75. The Bertz CT molecular complexity index is 1170. The van der Waals surface area contributed by atoms with Gasteiger partial charge in [-0.1, -0.05) is 6.07 Å². The summed E-state index contributed by atoms with van der Waals surface area (Å²) in [6.45, 7) is 2.45. The van der Waals surface area contributed by atoms with Crippen LogP contribution in [0.25, 0.3) is 0 Å². The van der Waals surface area contributed by atoms with Crippen molar-refractivity contribution in [3.05, 3.63) is 59.2 Å². The number of piperidine rings is 2. The Kier molecular flexibility index (Phi) is 6.23. The van der Waals surface area contributed by atoms with Crippen molar-refractivity contribution < 1.29 is 28.3 Å². The minimum absolute atomic E-state index is 0.0575. The highest BCUT2D eigenvalue weighted by atomic mass is 19.1. The SMILES string of the molecule is O=C1CCC(N2Cc3c(OCC4CCN(c5ccc(C(=O)F)cc5)CC4)cccc3C2=O)C(=O)N1. The van der Waals surface area contributed by atoms with Crippen molar-refractivity contribution in [3.8, 4) is 5.75 Å². The van der Waals surface area contributed by atoms with E-state index in [2.05, 4.69) is 10.2 Å². The number of hydrogen-bond donors (Lipinski definition) is 1. The molecule has 182 valence electrons. The number of carbonyl (C=O) groups excluding carboxylic acids is 4. The van der Waals surface area contributed by atoms with Crippen LogP contribution in [0.2, 0.25) is 0 Å². The Morgan fingerprint density at radius 3 is 2.46 bits per heavy atom. The van der Waals surface area contributed by atoms with Gasteiger partial charge in [0, 0.05) is 36.3 Å². The summed E-state index contributed by atoms with van der Waals surface area (Å²) in [5, 5.41) is 2.32. The molecular weight excluding hydrogens is 453 g/mol. The number of anilines is 1. The third-order valence-electron chi connectivity index (χ3n) is 7.09. The molecule has 0 radical (unpaired) electrons. The molecule has 0 saturated carbocycles. The van der Waals surface area contributed by atoms with E-state index >= 15 is 0 Å². The van der Waals surface area contributed by atoms with Crippen molar-refractivity contribution >= 4 is 29.4 Å². The van der Waals surface area contributed by atoms with Crippen molar-refractivity contribution in [2.24, 2.45) is 5.92 Å². The van der Waals surface area contributed by atoms with Gasteiger partial charge in [0.2, 0.25) is 11.8 Å². The Labute approximate surface area is 202 Å². The standard InChI is InChI=1S/C26H26FN3O5/c27-24(32)17-4-6-18(7-5-17)29-12-10-16(11-13-29)15-35-22-3-1-2-19-20(22)14-30(26(19)34)21-8-9-23(31)28-25(21)33/h1-7,16,21H,8-15H2,(H,28,31,33). The van der Waals surface area contributed by atoms with E-state index in [0.717, 1.165) is 37.2 Å². The number of nitrogens with one attached hydrogen (secondary N) is 1. The zero-order valence-electron chi connectivity index (χ0n) is 19.2. The lowest BCUT2D eigenvalue weighted by Crippen LogP contribution is -2.52. The molecule has 2 aromatic rings. The summed E-state index contributed by atoms with van der Waals surface area (Å²) in [6.07, 6.45) is 2.38. The molecule has 2 fully saturated rings. The van der Waals surface area contributed by atoms with Gasteiger partial charge in [-0.25, -0.2) is 0 Å². The van der Waals surface area contributed by atoms with E-state index in [4.69, 9.17) is 4.74 Å². The van der Waals surface area contributed by atoms with Crippen LogP contribution in [0, 0.1) is 5.92 Å². The summed E-state index contributed by atoms with van der Waals surface area (Å²) in [4.78, 5) is 51.3. The predicted molar refractivity (Wildman–Crippen MR) is 125 cm³/mol. The third-order valence-corrected chi connectivity index (χ3v) is 7.09. The van der Waals surface area contributed by atoms with Crippen molar-refractivity contribution in [1.82, 2.24) is 10.2 Å². The van der Waals surface area contributed by atoms with Gasteiger partial charge in [0.15, 0.2) is 0 Å². The van der Waals surface area contributed by atoms with E-state index in [1.807, 2.05) is 6.07 Å². The fraction of sp³-hybridized carbons (Fsp3) is 0.385. The maximum absolute atomic E-state index is 13.0. The van der Waals surface area contributed by atoms with Crippen molar-refractivity contribution in [1.29, 1.82) is 0 Å². The minimum Gasteiger partial charge on any atom is -0.493 e. The molecule has 0 bridgehead atoms. The summed E-state index contributed by atoms with van der Waals surface area (Å²) in [5.74, 6) is 0.0466. The van der Waals surface area contributed by atoms with Gasteiger partial charge in [0.25, 0.3) is 5.91 Å². The smallest absolute Gasteiger partial charge is 0.332 e. The first-order valence-electron chi connectivity index (χ1n) is 11.8. The average molecular weight is 480 g/mol. The van der Waals surface area contributed by atoms with Crippen LogP contribution in [0.4, 0.5) is 10.1 Å². The van der Waals surface area contributed by atoms with Gasteiger partial charge in [0.05, 0.1) is 18.7 Å². The Balaban J connectivity index is 1.18. The van der Waals surface area contributed by atoms with Crippen molar-refractivity contribution in [3.63, 3.8) is 0 Å². The summed E-state index contributed by atoms with van der Waals surface area (Å²) < 4.78 is 19.0. The van der Waals surface area contributed by atoms with Gasteiger partial charge in [-0.2, -0.15) is 4.39 Å². The number of carbonyl (C=O) groups is 4. The van der Waals surface area contributed by atoms with Crippen LogP contribution in [0.1, 0.15) is 52.0 Å². The molecule has 3 aliphatic rings. The highest BCUT2D eigenvalue weighted by Crippen LogP contribution is 2.34. The second-order valence-corrected chi connectivity index (χ2v) is 9.24. The van der Waals surface area contributed by atoms with Gasteiger partial charge in [-0.15, -0.1) is 0 Å². The van der Waals surface area contributed by atoms with Crippen LogP contribution in [0.3, 0.4) is 0 Å². The lowest BCUT2D eigenvalue weighted by atomic mass is 9.97. The van der Waals surface area contributed by atoms with E-state index in [-0.39, 0.29) is 30.3 Å². The number of amides is 3. The summed E-state index contributed by atoms with van der Waals surface area (Å²) in [5.41, 5.74) is 2.34. The largest absolute Gasteiger partial charge is 0.493 e. The molecule has 0 spiro atoms. The van der Waals surface area contributed by atoms with Crippen LogP contribution in [0.5, 0.6) is 5.75 Å². The first kappa shape index (κ1) is 23.0. The molecule has 8 nitrogen and oxygen atoms in total. The minimum atomic E-state index is -1.43. The lowest BCUT2D eigenvalue weighted by molar-refractivity contribution is -0.136. The molecule has 1 atom stereocenters. The molecule has 0 aliphatic carbocycles. The number of imide groups is 1. The van der Waals surface area contributed by atoms with E-state index in [1.54, 1.807) is 24.3 Å². The number of fused-ring (bicyclic) bond motifs is 1. The van der Waals surface area contributed by atoms with E-state index < -0.39 is 18.0 Å². The van der Waals surface area contributed by atoms with Gasteiger partial charge >= 0.3 is 6.04 Å². The molecule has 9 heteroatoms. The van der Waals surface area contributed by atoms with Crippen molar-refractivity contribution in [2.45, 2.75) is 38.3 Å². The number of benzene rings is 2. The van der Waals surface area contributed by atoms with E-state index in [0.29, 0.717) is 30.3 Å². The van der Waals surface area contributed by atoms with Gasteiger partial charge in [-0.05, 0) is 61.6 Å². The first-order chi connectivity index (χ1) is 16.9. The zero-order valence-corrected chi connectivity index (χ0v) is 19.2. The molecule has 3 amide bonds. The Morgan fingerprint density at radius 2 is 1.77 bits per heavy atom. The van der Waals surface area contributed by atoms with Gasteiger partial charge in [0.1, 0.15) is 11.8 Å². The number of rotatable bonds is 6. The van der Waals surface area contributed by atoms with Crippen LogP contribution in [-0.2, 0) is 16.1 Å². The molecule has 2 aromatic carbocycles. The molecule has 5 rings (SSSR count). The number of hydrogen-bond acceptors (Lipinski definition) is 6. The van der Waals surface area contributed by atoms with E-state index in [1.165, 1.54) is 17.0 Å². The fourth-order valence-corrected chi connectivity index (χ4v) is 5.06. The topological polar surface area (TPSA) is 96.0 Å². The molecule has 2 saturated heterocycles. The molecule has 3 aliphatic heterocycles.